The summed E-state index contributed by atoms with van der Waals surface area (Å²) in [5.74, 6) is 6.44. The molecule has 4 heteroatoms. The van der Waals surface area contributed by atoms with E-state index in [-0.39, 0.29) is 0 Å². The summed E-state index contributed by atoms with van der Waals surface area (Å²) in [6, 6.07) is 6.39. The third kappa shape index (κ3) is 4.20. The second-order valence-corrected chi connectivity index (χ2v) is 8.04. The smallest absolute Gasteiger partial charge is 0.0449 e. The lowest BCUT2D eigenvalue weighted by Gasteiger charge is -2.38. The van der Waals surface area contributed by atoms with Crippen LogP contribution in [-0.4, -0.2) is 6.04 Å². The minimum atomic E-state index is 0.310. The zero-order chi connectivity index (χ0) is 14.8. The number of nitrogens with two attached hydrogens (primary N) is 1. The van der Waals surface area contributed by atoms with Gasteiger partial charge in [-0.15, -0.1) is 0 Å². The van der Waals surface area contributed by atoms with E-state index >= 15 is 0 Å². The van der Waals surface area contributed by atoms with Gasteiger partial charge < -0.3 is 0 Å². The van der Waals surface area contributed by atoms with Crippen molar-refractivity contribution >= 4 is 27.5 Å². The largest absolute Gasteiger partial charge is 0.271 e. The number of rotatable bonds is 4. The summed E-state index contributed by atoms with van der Waals surface area (Å²) < 4.78 is 1.02. The molecule has 20 heavy (non-hydrogen) atoms. The summed E-state index contributed by atoms with van der Waals surface area (Å²) in [4.78, 5) is 0. The van der Waals surface area contributed by atoms with Crippen LogP contribution in [0.1, 0.15) is 45.1 Å². The molecule has 3 N–H and O–H groups in total. The van der Waals surface area contributed by atoms with E-state index < -0.39 is 0 Å². The minimum Gasteiger partial charge on any atom is -0.271 e. The summed E-state index contributed by atoms with van der Waals surface area (Å²) in [5, 5.41) is 0.816. The van der Waals surface area contributed by atoms with Gasteiger partial charge in [0.1, 0.15) is 0 Å². The Morgan fingerprint density at radius 3 is 2.60 bits per heavy atom. The summed E-state index contributed by atoms with van der Waals surface area (Å²) in [7, 11) is 0. The fraction of sp³-hybridized carbons (Fsp3) is 0.625. The van der Waals surface area contributed by atoms with Crippen molar-refractivity contribution < 1.29 is 0 Å². The molecular formula is C16H24BrClN2. The van der Waals surface area contributed by atoms with Crippen molar-refractivity contribution in [2.45, 2.75) is 52.0 Å². The van der Waals surface area contributed by atoms with Gasteiger partial charge in [-0.2, -0.15) is 0 Å². The van der Waals surface area contributed by atoms with E-state index in [0.29, 0.717) is 17.4 Å². The first kappa shape index (κ1) is 16.3. The van der Waals surface area contributed by atoms with E-state index in [9.17, 15) is 0 Å². The second kappa shape index (κ2) is 6.78. The van der Waals surface area contributed by atoms with Gasteiger partial charge in [-0.3, -0.25) is 11.3 Å². The van der Waals surface area contributed by atoms with Crippen molar-refractivity contribution in [3.05, 3.63) is 33.3 Å². The molecule has 0 radical (unpaired) electrons. The van der Waals surface area contributed by atoms with Crippen molar-refractivity contribution in [3.8, 4) is 0 Å². The highest BCUT2D eigenvalue weighted by Crippen LogP contribution is 2.39. The average molecular weight is 360 g/mol. The molecule has 1 fully saturated rings. The first-order valence-corrected chi connectivity index (χ1v) is 8.48. The van der Waals surface area contributed by atoms with E-state index in [1.165, 1.54) is 31.2 Å². The molecule has 1 aliphatic carbocycles. The monoisotopic (exact) mass is 358 g/mol. The van der Waals surface area contributed by atoms with Crippen LogP contribution in [0.4, 0.5) is 0 Å². The highest BCUT2D eigenvalue weighted by atomic mass is 79.9. The summed E-state index contributed by atoms with van der Waals surface area (Å²) >= 11 is 9.76. The summed E-state index contributed by atoms with van der Waals surface area (Å²) in [5.41, 5.74) is 4.68. The number of benzene rings is 1. The Balaban J connectivity index is 2.02. The van der Waals surface area contributed by atoms with E-state index in [0.717, 1.165) is 15.9 Å². The lowest BCUT2D eigenvalue weighted by atomic mass is 9.70. The predicted molar refractivity (Wildman–Crippen MR) is 89.7 cm³/mol. The standard InChI is InChI=1S/C16H24BrClN2/c1-16(2)7-5-11(6-8-16)15(20-19)9-12-3-4-13(17)10-14(12)18/h3-4,10-11,15,20H,5-9,19H2,1-2H3. The molecule has 1 saturated carbocycles. The minimum absolute atomic E-state index is 0.310. The van der Waals surface area contributed by atoms with Crippen LogP contribution < -0.4 is 11.3 Å². The van der Waals surface area contributed by atoms with Crippen LogP contribution in [0.25, 0.3) is 0 Å². The Morgan fingerprint density at radius 1 is 1.40 bits per heavy atom. The fourth-order valence-electron chi connectivity index (χ4n) is 3.11. The molecule has 0 heterocycles. The lowest BCUT2D eigenvalue weighted by molar-refractivity contribution is 0.161. The van der Waals surface area contributed by atoms with Crippen molar-refractivity contribution in [1.82, 2.24) is 5.43 Å². The molecule has 1 aliphatic rings. The molecule has 1 atom stereocenters. The van der Waals surface area contributed by atoms with Crippen LogP contribution in [0.15, 0.2) is 22.7 Å². The van der Waals surface area contributed by atoms with Gasteiger partial charge in [-0.25, -0.2) is 0 Å². The maximum atomic E-state index is 6.32. The number of hydrogen-bond acceptors (Lipinski definition) is 2. The Labute approximate surface area is 135 Å². The molecule has 0 saturated heterocycles. The van der Waals surface area contributed by atoms with Crippen LogP contribution in [0.2, 0.25) is 5.02 Å². The molecule has 0 aliphatic heterocycles. The summed E-state index contributed by atoms with van der Waals surface area (Å²) in [6.45, 7) is 4.72. The highest BCUT2D eigenvalue weighted by molar-refractivity contribution is 9.10. The normalized spacial score (nSPS) is 20.9. The van der Waals surface area contributed by atoms with Crippen molar-refractivity contribution in [3.63, 3.8) is 0 Å². The molecule has 2 nitrogen and oxygen atoms in total. The lowest BCUT2D eigenvalue weighted by Crippen LogP contribution is -2.44. The van der Waals surface area contributed by atoms with Gasteiger partial charge in [0.05, 0.1) is 0 Å². The maximum absolute atomic E-state index is 6.32. The third-order valence-corrected chi connectivity index (χ3v) is 5.47. The van der Waals surface area contributed by atoms with Crippen LogP contribution >= 0.6 is 27.5 Å². The first-order valence-electron chi connectivity index (χ1n) is 7.31. The van der Waals surface area contributed by atoms with Gasteiger partial charge >= 0.3 is 0 Å². The Kier molecular flexibility index (Phi) is 5.52. The quantitative estimate of drug-likeness (QED) is 0.604. The topological polar surface area (TPSA) is 38.0 Å². The molecule has 0 amide bonds. The van der Waals surface area contributed by atoms with Crippen LogP contribution in [0, 0.1) is 11.3 Å². The number of hydrogen-bond donors (Lipinski definition) is 2. The Morgan fingerprint density at radius 2 is 2.05 bits per heavy atom. The van der Waals surface area contributed by atoms with Gasteiger partial charge in [0, 0.05) is 15.5 Å². The Bertz CT molecular complexity index is 452. The first-order chi connectivity index (χ1) is 9.41. The molecule has 0 bridgehead atoms. The highest BCUT2D eigenvalue weighted by Gasteiger charge is 2.31. The van der Waals surface area contributed by atoms with Gasteiger partial charge in [0.2, 0.25) is 0 Å². The predicted octanol–water partition coefficient (Wildman–Crippen LogP) is 4.69. The molecule has 1 aromatic carbocycles. The maximum Gasteiger partial charge on any atom is 0.0449 e. The molecule has 112 valence electrons. The number of halogens is 2. The van der Waals surface area contributed by atoms with Crippen molar-refractivity contribution in [1.29, 1.82) is 0 Å². The molecule has 1 aromatic rings. The van der Waals surface area contributed by atoms with E-state index in [1.54, 1.807) is 0 Å². The molecule has 0 spiro atoms. The van der Waals surface area contributed by atoms with Gasteiger partial charge in [-0.05, 0) is 61.1 Å². The molecule has 2 rings (SSSR count). The fourth-order valence-corrected chi connectivity index (χ4v) is 3.86. The van der Waals surface area contributed by atoms with E-state index in [2.05, 4.69) is 41.3 Å². The van der Waals surface area contributed by atoms with Crippen LogP contribution in [0.5, 0.6) is 0 Å². The van der Waals surface area contributed by atoms with Gasteiger partial charge in [-0.1, -0.05) is 47.4 Å². The van der Waals surface area contributed by atoms with E-state index in [4.69, 9.17) is 17.4 Å². The van der Waals surface area contributed by atoms with Crippen molar-refractivity contribution in [2.75, 3.05) is 0 Å². The van der Waals surface area contributed by atoms with E-state index in [1.807, 2.05) is 12.1 Å². The zero-order valence-electron chi connectivity index (χ0n) is 12.3. The van der Waals surface area contributed by atoms with Crippen LogP contribution in [0.3, 0.4) is 0 Å². The molecular weight excluding hydrogens is 336 g/mol. The average Bonchev–Trinajstić information content (AvgIpc) is 2.39. The van der Waals surface area contributed by atoms with Gasteiger partial charge in [0.15, 0.2) is 0 Å². The Hall–Kier alpha value is -0.0900. The van der Waals surface area contributed by atoms with Crippen molar-refractivity contribution in [2.24, 2.45) is 17.2 Å². The van der Waals surface area contributed by atoms with Crippen LogP contribution in [-0.2, 0) is 6.42 Å². The SMILES string of the molecule is CC1(C)CCC(C(Cc2ccc(Br)cc2Cl)NN)CC1. The zero-order valence-corrected chi connectivity index (χ0v) is 14.6. The molecule has 0 aromatic heterocycles. The molecule has 1 unspecified atom stereocenters. The number of nitrogens with one attached hydrogen (secondary N) is 1. The second-order valence-electron chi connectivity index (χ2n) is 6.71. The number of hydrazine groups is 1. The third-order valence-electron chi connectivity index (χ3n) is 4.62. The van der Waals surface area contributed by atoms with Gasteiger partial charge in [0.25, 0.3) is 0 Å². The summed E-state index contributed by atoms with van der Waals surface area (Å²) in [6.07, 6.45) is 5.95.